The van der Waals surface area contributed by atoms with Crippen molar-refractivity contribution in [3.8, 4) is 6.07 Å². The number of nitrogens with zero attached hydrogens (tertiary/aromatic N) is 1. The third kappa shape index (κ3) is 5.10. The first-order valence-corrected chi connectivity index (χ1v) is 8.07. The lowest BCUT2D eigenvalue weighted by Gasteiger charge is -2.06. The van der Waals surface area contributed by atoms with Crippen molar-refractivity contribution in [1.29, 1.82) is 5.26 Å². The SMILES string of the molecule is N#Cc1ccccc1COC(=O)CCSc1ccc(Cl)cc1. The first-order valence-electron chi connectivity index (χ1n) is 6.71. The molecule has 0 radical (unpaired) electrons. The fourth-order valence-electron chi connectivity index (χ4n) is 1.77. The van der Waals surface area contributed by atoms with Crippen LogP contribution < -0.4 is 0 Å². The first kappa shape index (κ1) is 16.4. The van der Waals surface area contributed by atoms with Crippen LogP contribution in [0, 0.1) is 11.3 Å². The van der Waals surface area contributed by atoms with Gasteiger partial charge in [-0.05, 0) is 30.3 Å². The lowest BCUT2D eigenvalue weighted by molar-refractivity contribution is -0.144. The Hall–Kier alpha value is -1.96. The molecule has 5 heteroatoms. The second-order valence-electron chi connectivity index (χ2n) is 4.48. The zero-order valence-corrected chi connectivity index (χ0v) is 13.4. The summed E-state index contributed by atoms with van der Waals surface area (Å²) < 4.78 is 5.20. The molecule has 2 aromatic rings. The van der Waals surface area contributed by atoms with Gasteiger partial charge in [0.2, 0.25) is 0 Å². The van der Waals surface area contributed by atoms with Crippen molar-refractivity contribution >= 4 is 29.3 Å². The molecule has 0 amide bonds. The lowest BCUT2D eigenvalue weighted by atomic mass is 10.1. The Morgan fingerprint density at radius 1 is 1.18 bits per heavy atom. The highest BCUT2D eigenvalue weighted by molar-refractivity contribution is 7.99. The maximum Gasteiger partial charge on any atom is 0.306 e. The summed E-state index contributed by atoms with van der Waals surface area (Å²) in [6, 6.07) is 16.7. The van der Waals surface area contributed by atoms with Crippen molar-refractivity contribution in [2.45, 2.75) is 17.9 Å². The Balaban J connectivity index is 1.74. The summed E-state index contributed by atoms with van der Waals surface area (Å²) in [6.07, 6.45) is 0.321. The van der Waals surface area contributed by atoms with Crippen molar-refractivity contribution in [2.75, 3.05) is 5.75 Å². The van der Waals surface area contributed by atoms with Crippen LogP contribution in [0.2, 0.25) is 5.02 Å². The summed E-state index contributed by atoms with van der Waals surface area (Å²) in [5, 5.41) is 9.66. The first-order chi connectivity index (χ1) is 10.7. The molecule has 112 valence electrons. The van der Waals surface area contributed by atoms with Gasteiger partial charge in [-0.15, -0.1) is 11.8 Å². The molecule has 0 spiro atoms. The summed E-state index contributed by atoms with van der Waals surface area (Å²) in [6.45, 7) is 0.133. The summed E-state index contributed by atoms with van der Waals surface area (Å²) in [5.41, 5.74) is 1.26. The molecule has 0 aliphatic heterocycles. The Labute approximate surface area is 138 Å². The third-order valence-corrected chi connectivity index (χ3v) is 4.18. The van der Waals surface area contributed by atoms with Crippen LogP contribution in [-0.2, 0) is 16.1 Å². The van der Waals surface area contributed by atoms with Crippen LogP contribution in [0.5, 0.6) is 0 Å². The van der Waals surface area contributed by atoms with E-state index in [4.69, 9.17) is 21.6 Å². The maximum atomic E-state index is 11.7. The van der Waals surface area contributed by atoms with E-state index in [0.29, 0.717) is 22.8 Å². The molecule has 0 saturated carbocycles. The van der Waals surface area contributed by atoms with E-state index in [-0.39, 0.29) is 12.6 Å². The number of esters is 1. The highest BCUT2D eigenvalue weighted by Crippen LogP contribution is 2.21. The summed E-state index contributed by atoms with van der Waals surface area (Å²) in [4.78, 5) is 12.8. The fraction of sp³-hybridized carbons (Fsp3) is 0.176. The molecule has 0 atom stereocenters. The average molecular weight is 332 g/mol. The van der Waals surface area contributed by atoms with E-state index in [2.05, 4.69) is 6.07 Å². The van der Waals surface area contributed by atoms with E-state index in [0.717, 1.165) is 10.5 Å². The number of carbonyl (C=O) groups excluding carboxylic acids is 1. The Bertz CT molecular complexity index is 680. The minimum atomic E-state index is -0.269. The van der Waals surface area contributed by atoms with E-state index in [1.165, 1.54) is 0 Å². The predicted octanol–water partition coefficient (Wildman–Crippen LogP) is 4.44. The van der Waals surface area contributed by atoms with E-state index >= 15 is 0 Å². The predicted molar refractivity (Wildman–Crippen MR) is 87.7 cm³/mol. The highest BCUT2D eigenvalue weighted by Gasteiger charge is 2.06. The second kappa shape index (κ2) is 8.47. The standard InChI is InChI=1S/C17H14ClNO2S/c18-15-5-7-16(8-6-15)22-10-9-17(20)21-12-14-4-2-1-3-13(14)11-19/h1-8H,9-10,12H2. The van der Waals surface area contributed by atoms with Crippen LogP contribution in [0.1, 0.15) is 17.5 Å². The molecule has 0 aliphatic carbocycles. The number of halogens is 1. The van der Waals surface area contributed by atoms with Crippen LogP contribution in [0.25, 0.3) is 0 Å². The van der Waals surface area contributed by atoms with Gasteiger partial charge in [-0.3, -0.25) is 4.79 Å². The van der Waals surface area contributed by atoms with Crippen LogP contribution in [0.15, 0.2) is 53.4 Å². The van der Waals surface area contributed by atoms with Crippen molar-refractivity contribution in [3.63, 3.8) is 0 Å². The van der Waals surface area contributed by atoms with Crippen LogP contribution in [0.3, 0.4) is 0 Å². The smallest absolute Gasteiger partial charge is 0.306 e. The Kier molecular flexibility index (Phi) is 6.32. The molecule has 2 aromatic carbocycles. The van der Waals surface area contributed by atoms with E-state index < -0.39 is 0 Å². The molecule has 0 N–H and O–H groups in total. The van der Waals surface area contributed by atoms with Gasteiger partial charge in [0, 0.05) is 21.2 Å². The lowest BCUT2D eigenvalue weighted by Crippen LogP contribution is -2.06. The minimum Gasteiger partial charge on any atom is -0.461 e. The number of hydrogen-bond donors (Lipinski definition) is 0. The molecular formula is C17H14ClNO2S. The second-order valence-corrected chi connectivity index (χ2v) is 6.09. The number of carbonyl (C=O) groups is 1. The monoisotopic (exact) mass is 331 g/mol. The minimum absolute atomic E-state index is 0.133. The van der Waals surface area contributed by atoms with Crippen LogP contribution >= 0.6 is 23.4 Å². The highest BCUT2D eigenvalue weighted by atomic mass is 35.5. The van der Waals surface area contributed by atoms with Gasteiger partial charge in [0.25, 0.3) is 0 Å². The maximum absolute atomic E-state index is 11.7. The largest absolute Gasteiger partial charge is 0.461 e. The number of ether oxygens (including phenoxy) is 1. The van der Waals surface area contributed by atoms with Gasteiger partial charge in [0.1, 0.15) is 6.61 Å². The fourth-order valence-corrected chi connectivity index (χ4v) is 2.73. The molecule has 22 heavy (non-hydrogen) atoms. The molecular weight excluding hydrogens is 318 g/mol. The third-order valence-electron chi connectivity index (χ3n) is 2.92. The van der Waals surface area contributed by atoms with Gasteiger partial charge in [-0.1, -0.05) is 29.8 Å². The molecule has 0 fully saturated rings. The van der Waals surface area contributed by atoms with Crippen LogP contribution in [-0.4, -0.2) is 11.7 Å². The number of benzene rings is 2. The number of thioether (sulfide) groups is 1. The molecule has 0 aliphatic rings. The number of nitriles is 1. The van der Waals surface area contributed by atoms with Gasteiger partial charge < -0.3 is 4.74 Å². The number of rotatable bonds is 6. The number of hydrogen-bond acceptors (Lipinski definition) is 4. The quantitative estimate of drug-likeness (QED) is 0.580. The molecule has 0 unspecified atom stereocenters. The molecule has 2 rings (SSSR count). The Morgan fingerprint density at radius 3 is 2.64 bits per heavy atom. The topological polar surface area (TPSA) is 50.1 Å². The van der Waals surface area contributed by atoms with Crippen molar-refractivity contribution in [1.82, 2.24) is 0 Å². The van der Waals surface area contributed by atoms with Crippen molar-refractivity contribution in [3.05, 3.63) is 64.7 Å². The van der Waals surface area contributed by atoms with Crippen LogP contribution in [0.4, 0.5) is 0 Å². The summed E-state index contributed by atoms with van der Waals surface area (Å²) in [5.74, 6) is 0.370. The normalized spacial score (nSPS) is 10.0. The van der Waals surface area contributed by atoms with E-state index in [1.54, 1.807) is 30.0 Å². The van der Waals surface area contributed by atoms with Crippen molar-refractivity contribution < 1.29 is 9.53 Å². The molecule has 0 heterocycles. The van der Waals surface area contributed by atoms with Crippen molar-refractivity contribution in [2.24, 2.45) is 0 Å². The van der Waals surface area contributed by atoms with Gasteiger partial charge in [-0.25, -0.2) is 0 Å². The van der Waals surface area contributed by atoms with Gasteiger partial charge in [-0.2, -0.15) is 5.26 Å². The van der Waals surface area contributed by atoms with E-state index in [9.17, 15) is 4.79 Å². The van der Waals surface area contributed by atoms with Gasteiger partial charge in [0.15, 0.2) is 0 Å². The molecule has 0 aromatic heterocycles. The van der Waals surface area contributed by atoms with Gasteiger partial charge >= 0.3 is 5.97 Å². The average Bonchev–Trinajstić information content (AvgIpc) is 2.55. The zero-order valence-electron chi connectivity index (χ0n) is 11.8. The molecule has 3 nitrogen and oxygen atoms in total. The molecule has 0 saturated heterocycles. The zero-order chi connectivity index (χ0) is 15.8. The summed E-state index contributed by atoms with van der Waals surface area (Å²) >= 11 is 7.39. The molecule has 0 bridgehead atoms. The van der Waals surface area contributed by atoms with E-state index in [1.807, 2.05) is 30.3 Å². The summed E-state index contributed by atoms with van der Waals surface area (Å²) in [7, 11) is 0. The Morgan fingerprint density at radius 2 is 1.91 bits per heavy atom. The van der Waals surface area contributed by atoms with Gasteiger partial charge in [0.05, 0.1) is 18.1 Å².